The molecule has 1 N–H and O–H groups in total. The van der Waals surface area contributed by atoms with Crippen LogP contribution in [0.2, 0.25) is 0 Å². The molecule has 1 aliphatic heterocycles. The molecule has 1 amide bonds. The third kappa shape index (κ3) is 4.37. The van der Waals surface area contributed by atoms with Gasteiger partial charge in [-0.25, -0.2) is 0 Å². The maximum atomic E-state index is 12.4. The maximum absolute atomic E-state index is 12.4. The molecule has 1 aromatic heterocycles. The number of nitrogens with one attached hydrogen (secondary N) is 1. The molecule has 1 aliphatic rings. The van der Waals surface area contributed by atoms with Crippen molar-refractivity contribution in [1.82, 2.24) is 15.1 Å². The van der Waals surface area contributed by atoms with Crippen LogP contribution < -0.4 is 5.32 Å². The van der Waals surface area contributed by atoms with Gasteiger partial charge < -0.3 is 4.74 Å². The van der Waals surface area contributed by atoms with Gasteiger partial charge in [-0.2, -0.15) is 0 Å². The van der Waals surface area contributed by atoms with Crippen molar-refractivity contribution in [3.05, 3.63) is 40.9 Å². The van der Waals surface area contributed by atoms with Crippen LogP contribution in [0.5, 0.6) is 0 Å². The molecular formula is C17H22N4O2S. The molecule has 0 aliphatic carbocycles. The number of anilines is 1. The Hall–Kier alpha value is -1.83. The number of hydrogen-bond donors (Lipinski definition) is 1. The summed E-state index contributed by atoms with van der Waals surface area (Å²) in [7, 11) is 0. The average molecular weight is 346 g/mol. The fourth-order valence-electron chi connectivity index (χ4n) is 2.55. The van der Waals surface area contributed by atoms with E-state index in [0.29, 0.717) is 24.2 Å². The second-order valence-corrected chi connectivity index (χ2v) is 7.18. The summed E-state index contributed by atoms with van der Waals surface area (Å²) in [6.07, 6.45) is -0.478. The highest BCUT2D eigenvalue weighted by molar-refractivity contribution is 7.15. The molecule has 2 heterocycles. The van der Waals surface area contributed by atoms with Gasteiger partial charge in [-0.05, 0) is 5.56 Å². The van der Waals surface area contributed by atoms with E-state index < -0.39 is 6.10 Å². The summed E-state index contributed by atoms with van der Waals surface area (Å²) in [5.74, 6) is 0.152. The van der Waals surface area contributed by atoms with Gasteiger partial charge in [-0.3, -0.25) is 15.0 Å². The number of nitrogens with zero attached hydrogens (tertiary/aromatic N) is 3. The van der Waals surface area contributed by atoms with Gasteiger partial charge >= 0.3 is 0 Å². The second-order valence-electron chi connectivity index (χ2n) is 6.17. The summed E-state index contributed by atoms with van der Waals surface area (Å²) < 4.78 is 5.64. The molecule has 0 spiro atoms. The Morgan fingerprint density at radius 1 is 1.38 bits per heavy atom. The van der Waals surface area contributed by atoms with Crippen LogP contribution in [0.4, 0.5) is 5.13 Å². The molecule has 24 heavy (non-hydrogen) atoms. The van der Waals surface area contributed by atoms with Crippen LogP contribution in [-0.2, 0) is 16.1 Å². The van der Waals surface area contributed by atoms with E-state index in [1.54, 1.807) is 0 Å². The number of ether oxygens (including phenoxy) is 1. The van der Waals surface area contributed by atoms with Crippen LogP contribution in [0, 0.1) is 0 Å². The maximum Gasteiger partial charge on any atom is 0.256 e. The standard InChI is InChI=1S/C17H22N4O2S/c1-12(2)16-19-20-17(24-16)18-15(22)14-11-21(8-9-23-14)10-13-6-4-3-5-7-13/h3-7,12,14H,8-11H2,1-2H3,(H,18,20,22)/t14-/m1/s1. The number of carbonyl (C=O) groups is 1. The van der Waals surface area contributed by atoms with Gasteiger partial charge in [0, 0.05) is 25.6 Å². The van der Waals surface area contributed by atoms with Crippen molar-refractivity contribution >= 4 is 22.4 Å². The molecule has 1 aromatic carbocycles. The van der Waals surface area contributed by atoms with Crippen molar-refractivity contribution in [2.75, 3.05) is 25.0 Å². The lowest BCUT2D eigenvalue weighted by atomic mass is 10.2. The first-order chi connectivity index (χ1) is 11.6. The zero-order valence-electron chi connectivity index (χ0n) is 13.9. The SMILES string of the molecule is CC(C)c1nnc(NC(=O)[C@H]2CN(Cc3ccccc3)CCO2)s1. The lowest BCUT2D eigenvalue weighted by Gasteiger charge is -2.31. The summed E-state index contributed by atoms with van der Waals surface area (Å²) in [5, 5.41) is 12.4. The Morgan fingerprint density at radius 2 is 2.17 bits per heavy atom. The van der Waals surface area contributed by atoms with Crippen molar-refractivity contribution in [3.63, 3.8) is 0 Å². The van der Waals surface area contributed by atoms with Gasteiger partial charge in [-0.1, -0.05) is 55.5 Å². The Morgan fingerprint density at radius 3 is 2.88 bits per heavy atom. The largest absolute Gasteiger partial charge is 0.366 e. The normalized spacial score (nSPS) is 18.7. The van der Waals surface area contributed by atoms with Gasteiger partial charge in [0.05, 0.1) is 6.61 Å². The van der Waals surface area contributed by atoms with Gasteiger partial charge in [-0.15, -0.1) is 10.2 Å². The minimum atomic E-state index is -0.478. The van der Waals surface area contributed by atoms with E-state index in [4.69, 9.17) is 4.74 Å². The van der Waals surface area contributed by atoms with E-state index in [-0.39, 0.29) is 5.91 Å². The molecule has 1 fully saturated rings. The summed E-state index contributed by atoms with van der Waals surface area (Å²) >= 11 is 1.41. The monoisotopic (exact) mass is 346 g/mol. The molecule has 7 heteroatoms. The number of morpholine rings is 1. The Balaban J connectivity index is 1.56. The van der Waals surface area contributed by atoms with Crippen LogP contribution in [0.25, 0.3) is 0 Å². The number of hydrogen-bond acceptors (Lipinski definition) is 6. The number of benzene rings is 1. The smallest absolute Gasteiger partial charge is 0.256 e. The Labute approximate surface area is 145 Å². The van der Waals surface area contributed by atoms with Crippen LogP contribution in [-0.4, -0.2) is 46.8 Å². The summed E-state index contributed by atoms with van der Waals surface area (Å²) in [5.41, 5.74) is 1.24. The third-order valence-corrected chi connectivity index (χ3v) is 5.00. The first-order valence-electron chi connectivity index (χ1n) is 8.14. The Kier molecular flexibility index (Phi) is 5.55. The minimum absolute atomic E-state index is 0.154. The molecule has 0 unspecified atom stereocenters. The molecule has 2 aromatic rings. The number of carbonyl (C=O) groups excluding carboxylic acids is 1. The topological polar surface area (TPSA) is 67.4 Å². The van der Waals surface area contributed by atoms with E-state index in [1.807, 2.05) is 18.2 Å². The molecule has 0 radical (unpaired) electrons. The summed E-state index contributed by atoms with van der Waals surface area (Å²) in [6, 6.07) is 10.3. The van der Waals surface area contributed by atoms with Crippen molar-refractivity contribution in [2.45, 2.75) is 32.4 Å². The lowest BCUT2D eigenvalue weighted by molar-refractivity contribution is -0.133. The van der Waals surface area contributed by atoms with Crippen molar-refractivity contribution < 1.29 is 9.53 Å². The van der Waals surface area contributed by atoms with Crippen molar-refractivity contribution in [3.8, 4) is 0 Å². The van der Waals surface area contributed by atoms with Gasteiger partial charge in [0.25, 0.3) is 5.91 Å². The minimum Gasteiger partial charge on any atom is -0.366 e. The molecule has 6 nitrogen and oxygen atoms in total. The molecule has 128 valence electrons. The van der Waals surface area contributed by atoms with E-state index in [9.17, 15) is 4.79 Å². The molecule has 1 atom stereocenters. The third-order valence-electron chi connectivity index (χ3n) is 3.86. The highest BCUT2D eigenvalue weighted by Gasteiger charge is 2.27. The van der Waals surface area contributed by atoms with E-state index >= 15 is 0 Å². The molecule has 0 saturated carbocycles. The van der Waals surface area contributed by atoms with E-state index in [2.05, 4.69) is 46.4 Å². The molecule has 3 rings (SSSR count). The molecular weight excluding hydrogens is 324 g/mol. The quantitative estimate of drug-likeness (QED) is 0.901. The van der Waals surface area contributed by atoms with Gasteiger partial charge in [0.1, 0.15) is 11.1 Å². The van der Waals surface area contributed by atoms with Crippen LogP contribution in [0.3, 0.4) is 0 Å². The zero-order chi connectivity index (χ0) is 16.9. The second kappa shape index (κ2) is 7.83. The number of rotatable bonds is 5. The highest BCUT2D eigenvalue weighted by Crippen LogP contribution is 2.23. The van der Waals surface area contributed by atoms with Gasteiger partial charge in [0.2, 0.25) is 5.13 Å². The zero-order valence-corrected chi connectivity index (χ0v) is 14.8. The Bertz CT molecular complexity index is 674. The number of aromatic nitrogens is 2. The van der Waals surface area contributed by atoms with E-state index in [1.165, 1.54) is 16.9 Å². The fourth-order valence-corrected chi connectivity index (χ4v) is 3.30. The predicted molar refractivity (Wildman–Crippen MR) is 94.1 cm³/mol. The summed E-state index contributed by atoms with van der Waals surface area (Å²) in [4.78, 5) is 14.7. The lowest BCUT2D eigenvalue weighted by Crippen LogP contribution is -2.47. The highest BCUT2D eigenvalue weighted by atomic mass is 32.1. The predicted octanol–water partition coefficient (Wildman–Crippen LogP) is 2.50. The van der Waals surface area contributed by atoms with Crippen LogP contribution >= 0.6 is 11.3 Å². The average Bonchev–Trinajstić information content (AvgIpc) is 3.05. The van der Waals surface area contributed by atoms with Crippen LogP contribution in [0.15, 0.2) is 30.3 Å². The molecule has 1 saturated heterocycles. The molecule has 0 bridgehead atoms. The fraction of sp³-hybridized carbons (Fsp3) is 0.471. The van der Waals surface area contributed by atoms with Crippen molar-refractivity contribution in [1.29, 1.82) is 0 Å². The first kappa shape index (κ1) is 17.0. The summed E-state index contributed by atoms with van der Waals surface area (Å²) in [6.45, 7) is 6.89. The van der Waals surface area contributed by atoms with Gasteiger partial charge in [0.15, 0.2) is 0 Å². The van der Waals surface area contributed by atoms with Crippen molar-refractivity contribution in [2.24, 2.45) is 0 Å². The van der Waals surface area contributed by atoms with E-state index in [0.717, 1.165) is 18.1 Å². The first-order valence-corrected chi connectivity index (χ1v) is 8.95. The van der Waals surface area contributed by atoms with Crippen LogP contribution in [0.1, 0.15) is 30.3 Å². The number of amides is 1.